The van der Waals surface area contributed by atoms with E-state index >= 15 is 13.2 Å². The first-order chi connectivity index (χ1) is 31.8. The number of fused-ring (bicyclic) bond motifs is 6. The summed E-state index contributed by atoms with van der Waals surface area (Å²) in [7, 11) is 0. The minimum Gasteiger partial charge on any atom is -0.309 e. The molecule has 2 heterocycles. The zero-order valence-corrected chi connectivity index (χ0v) is 34.0. The first-order valence-corrected chi connectivity index (χ1v) is 20.2. The minimum atomic E-state index is -4.96. The molecule has 0 spiro atoms. The van der Waals surface area contributed by atoms with Crippen molar-refractivity contribution in [1.29, 1.82) is 21.0 Å². The maximum Gasteiger partial charge on any atom is 0.416 e. The summed E-state index contributed by atoms with van der Waals surface area (Å²) in [6, 6.07) is 48.6. The molecule has 0 fully saturated rings. The minimum absolute atomic E-state index is 0.0199. The van der Waals surface area contributed by atoms with Gasteiger partial charge < -0.3 is 9.13 Å². The van der Waals surface area contributed by atoms with Crippen molar-refractivity contribution in [1.82, 2.24) is 9.13 Å². The van der Waals surface area contributed by atoms with Gasteiger partial charge in [-0.3, -0.25) is 0 Å². The molecule has 10 rings (SSSR count). The fourth-order valence-corrected chi connectivity index (χ4v) is 8.94. The van der Waals surface area contributed by atoms with Gasteiger partial charge in [0.05, 0.1) is 91.1 Å². The second kappa shape index (κ2) is 15.3. The van der Waals surface area contributed by atoms with Gasteiger partial charge >= 0.3 is 12.4 Å². The number of benzene rings is 8. The van der Waals surface area contributed by atoms with Crippen molar-refractivity contribution >= 4 is 43.6 Å². The molecule has 0 radical (unpaired) electrons. The molecular weight excluding hydrogens is 847 g/mol. The van der Waals surface area contributed by atoms with Crippen LogP contribution in [0.4, 0.5) is 26.3 Å². The number of hydrogen-bond donors (Lipinski definition) is 0. The predicted octanol–water partition coefficient (Wildman–Crippen LogP) is 14.4. The van der Waals surface area contributed by atoms with Crippen LogP contribution in [-0.4, -0.2) is 9.13 Å². The Labute approximate surface area is 371 Å². The van der Waals surface area contributed by atoms with Gasteiger partial charge in [0, 0.05) is 27.1 Å². The van der Waals surface area contributed by atoms with Crippen LogP contribution in [0.3, 0.4) is 0 Å². The first-order valence-electron chi connectivity index (χ1n) is 20.2. The highest BCUT2D eigenvalue weighted by atomic mass is 19.4. The number of rotatable bonds is 5. The first kappa shape index (κ1) is 40.9. The molecule has 0 N–H and O–H groups in total. The fraction of sp³-hybridized carbons (Fsp3) is 0.0370. The zero-order valence-electron chi connectivity index (χ0n) is 34.0. The number of para-hydroxylation sites is 2. The van der Waals surface area contributed by atoms with Crippen molar-refractivity contribution in [2.24, 2.45) is 0 Å². The second-order valence-corrected chi connectivity index (χ2v) is 15.7. The van der Waals surface area contributed by atoms with E-state index < -0.39 is 23.5 Å². The van der Waals surface area contributed by atoms with Crippen molar-refractivity contribution in [2.45, 2.75) is 12.4 Å². The number of aromatic nitrogens is 2. The lowest BCUT2D eigenvalue weighted by molar-refractivity contribution is -0.138. The highest BCUT2D eigenvalue weighted by Gasteiger charge is 2.36. The summed E-state index contributed by atoms with van der Waals surface area (Å²) in [5.74, 6) is 0. The third-order valence-electron chi connectivity index (χ3n) is 11.8. The van der Waals surface area contributed by atoms with Gasteiger partial charge in [0.15, 0.2) is 0 Å². The highest BCUT2D eigenvalue weighted by Crippen LogP contribution is 2.47. The highest BCUT2D eigenvalue weighted by molar-refractivity contribution is 6.13. The fourth-order valence-electron chi connectivity index (χ4n) is 8.94. The number of halogens is 6. The molecule has 10 aromatic rings. The predicted molar refractivity (Wildman–Crippen MR) is 240 cm³/mol. The summed E-state index contributed by atoms with van der Waals surface area (Å²) in [5.41, 5.74) is 2.45. The third-order valence-corrected chi connectivity index (χ3v) is 11.8. The van der Waals surface area contributed by atoms with Crippen molar-refractivity contribution < 1.29 is 26.3 Å². The molecule has 0 aliphatic rings. The molecule has 314 valence electrons. The molecule has 0 aliphatic heterocycles. The van der Waals surface area contributed by atoms with E-state index in [-0.39, 0.29) is 44.8 Å². The summed E-state index contributed by atoms with van der Waals surface area (Å²) in [5, 5.41) is 41.7. The van der Waals surface area contributed by atoms with E-state index in [0.29, 0.717) is 65.9 Å². The van der Waals surface area contributed by atoms with Crippen LogP contribution in [0.15, 0.2) is 158 Å². The van der Waals surface area contributed by atoms with Crippen LogP contribution in [0.5, 0.6) is 0 Å². The van der Waals surface area contributed by atoms with Crippen LogP contribution in [0.1, 0.15) is 33.4 Å². The molecule has 0 saturated heterocycles. The van der Waals surface area contributed by atoms with Crippen LogP contribution in [0.25, 0.3) is 88.4 Å². The molecule has 0 atom stereocenters. The maximum atomic E-state index is 15.6. The Morgan fingerprint density at radius 1 is 0.333 bits per heavy atom. The Bertz CT molecular complexity index is 3580. The van der Waals surface area contributed by atoms with Crippen LogP contribution in [-0.2, 0) is 12.4 Å². The van der Waals surface area contributed by atoms with Gasteiger partial charge in [0.2, 0.25) is 0 Å². The summed E-state index contributed by atoms with van der Waals surface area (Å²) in [6.07, 6.45) is -9.77. The largest absolute Gasteiger partial charge is 0.416 e. The average molecular weight is 873 g/mol. The zero-order chi connectivity index (χ0) is 46.1. The molecule has 66 heavy (non-hydrogen) atoms. The monoisotopic (exact) mass is 872 g/mol. The Morgan fingerprint density at radius 2 is 0.742 bits per heavy atom. The molecule has 0 amide bonds. The normalized spacial score (nSPS) is 11.7. The van der Waals surface area contributed by atoms with Crippen LogP contribution >= 0.6 is 0 Å². The molecule has 0 unspecified atom stereocenters. The van der Waals surface area contributed by atoms with Gasteiger partial charge in [-0.1, -0.05) is 72.8 Å². The Kier molecular flexibility index (Phi) is 9.50. The summed E-state index contributed by atoms with van der Waals surface area (Å²) in [6.45, 7) is 0. The smallest absolute Gasteiger partial charge is 0.309 e. The second-order valence-electron chi connectivity index (χ2n) is 15.7. The standard InChI is InChI=1S/C54H26F6N6/c55-53(56,57)40-7-5-6-37(22-40)52-50(65-46-10-3-1-8-42(46)44-14-12-35(23-48(44)65)38-18-31(27-61)16-32(19-38)28-62)25-41(54(58,59)60)26-51(52)66-47-11-4-2-9-43(47)45-15-13-36(24-49(45)66)39-20-33(29-63)17-34(21-39)30-64/h1-26H. The quantitative estimate of drug-likeness (QED) is 0.161. The van der Waals surface area contributed by atoms with Gasteiger partial charge in [0.25, 0.3) is 0 Å². The Balaban J connectivity index is 1.38. The van der Waals surface area contributed by atoms with Crippen LogP contribution in [0, 0.1) is 45.3 Å². The maximum absolute atomic E-state index is 15.6. The van der Waals surface area contributed by atoms with Gasteiger partial charge in [-0.25, -0.2) is 0 Å². The molecule has 2 aromatic heterocycles. The summed E-state index contributed by atoms with van der Waals surface area (Å²) in [4.78, 5) is 0. The van der Waals surface area contributed by atoms with Gasteiger partial charge in [-0.2, -0.15) is 47.4 Å². The molecule has 12 heteroatoms. The number of nitriles is 4. The van der Waals surface area contributed by atoms with Crippen molar-refractivity contribution in [2.75, 3.05) is 0 Å². The molecule has 0 aliphatic carbocycles. The van der Waals surface area contributed by atoms with E-state index in [1.54, 1.807) is 106 Å². The number of alkyl halides is 6. The van der Waals surface area contributed by atoms with E-state index in [0.717, 1.165) is 24.3 Å². The summed E-state index contributed by atoms with van der Waals surface area (Å²) >= 11 is 0. The molecular formula is C54H26F6N6. The van der Waals surface area contributed by atoms with Gasteiger partial charge in [0.1, 0.15) is 0 Å². The SMILES string of the molecule is N#Cc1cc(C#N)cc(-c2ccc3c4ccccc4n(-c4cc(C(F)(F)F)cc(-n5c6ccccc6c6ccc(-c7cc(C#N)cc(C#N)c7)cc65)c4-c4cccc(C(F)(F)F)c4)c3c2)c1. The topological polar surface area (TPSA) is 105 Å². The van der Waals surface area contributed by atoms with Crippen LogP contribution in [0.2, 0.25) is 0 Å². The van der Waals surface area contributed by atoms with E-state index in [1.165, 1.54) is 24.3 Å². The number of nitrogens with zero attached hydrogens (tertiary/aromatic N) is 6. The van der Waals surface area contributed by atoms with E-state index in [1.807, 2.05) is 12.1 Å². The van der Waals surface area contributed by atoms with E-state index in [9.17, 15) is 34.2 Å². The van der Waals surface area contributed by atoms with Crippen LogP contribution < -0.4 is 0 Å². The average Bonchev–Trinajstić information content (AvgIpc) is 3.84. The molecule has 0 saturated carbocycles. The molecule has 6 nitrogen and oxygen atoms in total. The Morgan fingerprint density at radius 3 is 1.15 bits per heavy atom. The van der Waals surface area contributed by atoms with Crippen molar-refractivity contribution in [3.8, 4) is 69.0 Å². The van der Waals surface area contributed by atoms with Crippen molar-refractivity contribution in [3.05, 3.63) is 191 Å². The third kappa shape index (κ3) is 6.82. The van der Waals surface area contributed by atoms with Crippen molar-refractivity contribution in [3.63, 3.8) is 0 Å². The molecule has 0 bridgehead atoms. The van der Waals surface area contributed by atoms with E-state index in [2.05, 4.69) is 24.3 Å². The van der Waals surface area contributed by atoms with E-state index in [4.69, 9.17) is 0 Å². The lowest BCUT2D eigenvalue weighted by atomic mass is 9.95. The lowest BCUT2D eigenvalue weighted by Gasteiger charge is -2.23. The lowest BCUT2D eigenvalue weighted by Crippen LogP contribution is -2.11. The van der Waals surface area contributed by atoms with Gasteiger partial charge in [-0.05, 0) is 113 Å². The molecule has 8 aromatic carbocycles. The van der Waals surface area contributed by atoms with Gasteiger partial charge in [-0.15, -0.1) is 0 Å². The summed E-state index contributed by atoms with van der Waals surface area (Å²) < 4.78 is 94.1. The number of hydrogen-bond acceptors (Lipinski definition) is 4. The Hall–Kier alpha value is -9.10.